The minimum absolute atomic E-state index is 0.119. The summed E-state index contributed by atoms with van der Waals surface area (Å²) in [5.41, 5.74) is 2.39. The molecule has 0 saturated heterocycles. The summed E-state index contributed by atoms with van der Waals surface area (Å²) in [5.74, 6) is 0.910. The van der Waals surface area contributed by atoms with Crippen LogP contribution in [0.4, 0.5) is 0 Å². The van der Waals surface area contributed by atoms with E-state index < -0.39 is 0 Å². The van der Waals surface area contributed by atoms with Crippen molar-refractivity contribution in [2.75, 3.05) is 6.54 Å². The summed E-state index contributed by atoms with van der Waals surface area (Å²) in [7, 11) is 2.02. The molecule has 3 rings (SSSR count). The highest BCUT2D eigenvalue weighted by Gasteiger charge is 2.27. The van der Waals surface area contributed by atoms with Crippen LogP contribution in [0.3, 0.4) is 0 Å². The Hall–Kier alpha value is -2.50. The Morgan fingerprint density at radius 1 is 1.22 bits per heavy atom. The van der Waals surface area contributed by atoms with Crippen LogP contribution in [0.5, 0.6) is 11.5 Å². The van der Waals surface area contributed by atoms with Crippen molar-refractivity contribution in [2.45, 2.75) is 32.7 Å². The fourth-order valence-electron chi connectivity index (χ4n) is 3.14. The second kappa shape index (κ2) is 5.61. The average Bonchev–Trinajstić information content (AvgIpc) is 2.82. The van der Waals surface area contributed by atoms with Gasteiger partial charge in [0, 0.05) is 43.3 Å². The highest BCUT2D eigenvalue weighted by Crippen LogP contribution is 2.26. The SMILES string of the molecule is CC(C)c1nc2c(n1C)CCN(C(=O)c1cc(O)cc(O)c1)C2. The molecule has 6 nitrogen and oxygen atoms in total. The van der Waals surface area contributed by atoms with Crippen LogP contribution in [0, 0.1) is 0 Å². The molecule has 23 heavy (non-hydrogen) atoms. The summed E-state index contributed by atoms with van der Waals surface area (Å²) in [6.07, 6.45) is 0.752. The molecule has 0 atom stereocenters. The van der Waals surface area contributed by atoms with Crippen LogP contribution in [-0.2, 0) is 20.0 Å². The highest BCUT2D eigenvalue weighted by atomic mass is 16.3. The number of phenolic OH excluding ortho intramolecular Hbond substituents is 2. The number of aromatic hydroxyl groups is 2. The normalized spacial score (nSPS) is 14.2. The van der Waals surface area contributed by atoms with Gasteiger partial charge in [-0.05, 0) is 12.1 Å². The quantitative estimate of drug-likeness (QED) is 0.890. The number of aromatic nitrogens is 2. The molecule has 0 fully saturated rings. The van der Waals surface area contributed by atoms with Crippen LogP contribution in [0.1, 0.15) is 47.3 Å². The van der Waals surface area contributed by atoms with Gasteiger partial charge in [0.1, 0.15) is 17.3 Å². The number of amides is 1. The Labute approximate surface area is 135 Å². The van der Waals surface area contributed by atoms with Crippen LogP contribution in [0.25, 0.3) is 0 Å². The van der Waals surface area contributed by atoms with E-state index in [9.17, 15) is 15.0 Å². The third kappa shape index (κ3) is 2.76. The Morgan fingerprint density at radius 3 is 2.48 bits per heavy atom. The number of fused-ring (bicyclic) bond motifs is 1. The Bertz CT molecular complexity index is 744. The van der Waals surface area contributed by atoms with Gasteiger partial charge in [0.2, 0.25) is 0 Å². The molecule has 1 amide bonds. The number of carbonyl (C=O) groups excluding carboxylic acids is 1. The summed E-state index contributed by atoms with van der Waals surface area (Å²) in [6, 6.07) is 3.95. The number of nitrogens with zero attached hydrogens (tertiary/aromatic N) is 3. The topological polar surface area (TPSA) is 78.6 Å². The zero-order chi connectivity index (χ0) is 16.7. The van der Waals surface area contributed by atoms with Crippen molar-refractivity contribution in [3.05, 3.63) is 41.0 Å². The summed E-state index contributed by atoms with van der Waals surface area (Å²) >= 11 is 0. The molecule has 0 unspecified atom stereocenters. The van der Waals surface area contributed by atoms with Crippen LogP contribution in [0.2, 0.25) is 0 Å². The van der Waals surface area contributed by atoms with Gasteiger partial charge in [0.05, 0.1) is 12.2 Å². The summed E-state index contributed by atoms with van der Waals surface area (Å²) < 4.78 is 2.13. The molecule has 0 saturated carbocycles. The van der Waals surface area contributed by atoms with Crippen molar-refractivity contribution in [3.8, 4) is 11.5 Å². The average molecular weight is 315 g/mol. The highest BCUT2D eigenvalue weighted by molar-refractivity contribution is 5.95. The van der Waals surface area contributed by atoms with Crippen LogP contribution in [-0.4, -0.2) is 37.1 Å². The van der Waals surface area contributed by atoms with E-state index in [1.54, 1.807) is 4.90 Å². The fourth-order valence-corrected chi connectivity index (χ4v) is 3.14. The predicted molar refractivity (Wildman–Crippen MR) is 85.5 cm³/mol. The van der Waals surface area contributed by atoms with E-state index in [-0.39, 0.29) is 23.0 Å². The minimum Gasteiger partial charge on any atom is -0.508 e. The first-order valence-corrected chi connectivity index (χ1v) is 7.73. The lowest BCUT2D eigenvalue weighted by Gasteiger charge is -2.27. The van der Waals surface area contributed by atoms with Crippen LogP contribution in [0.15, 0.2) is 18.2 Å². The van der Waals surface area contributed by atoms with Crippen molar-refractivity contribution < 1.29 is 15.0 Å². The Balaban J connectivity index is 1.87. The smallest absolute Gasteiger partial charge is 0.254 e. The predicted octanol–water partition coefficient (Wildman–Crippen LogP) is 2.15. The van der Waals surface area contributed by atoms with Gasteiger partial charge in [0.15, 0.2) is 0 Å². The van der Waals surface area contributed by atoms with Crippen molar-refractivity contribution in [2.24, 2.45) is 7.05 Å². The van der Waals surface area contributed by atoms with Gasteiger partial charge in [-0.3, -0.25) is 4.79 Å². The lowest BCUT2D eigenvalue weighted by molar-refractivity contribution is 0.0730. The number of phenols is 2. The Kier molecular flexibility index (Phi) is 3.75. The number of benzene rings is 1. The van der Waals surface area contributed by atoms with Gasteiger partial charge >= 0.3 is 0 Å². The van der Waals surface area contributed by atoms with Gasteiger partial charge in [-0.15, -0.1) is 0 Å². The minimum atomic E-state index is -0.210. The van der Waals surface area contributed by atoms with E-state index in [4.69, 9.17) is 0 Å². The molecule has 0 aliphatic carbocycles. The van der Waals surface area contributed by atoms with Crippen molar-refractivity contribution in [3.63, 3.8) is 0 Å². The van der Waals surface area contributed by atoms with E-state index in [1.165, 1.54) is 23.9 Å². The number of imidazole rings is 1. The maximum absolute atomic E-state index is 12.6. The molecule has 2 N–H and O–H groups in total. The lowest BCUT2D eigenvalue weighted by Crippen LogP contribution is -2.36. The van der Waals surface area contributed by atoms with Crippen molar-refractivity contribution >= 4 is 5.91 Å². The van der Waals surface area contributed by atoms with Gasteiger partial charge in [0.25, 0.3) is 5.91 Å². The summed E-state index contributed by atoms with van der Waals surface area (Å²) in [6.45, 7) is 5.25. The fraction of sp³-hybridized carbons (Fsp3) is 0.412. The van der Waals surface area contributed by atoms with Crippen LogP contribution < -0.4 is 0 Å². The van der Waals surface area contributed by atoms with Crippen molar-refractivity contribution in [1.82, 2.24) is 14.5 Å². The zero-order valence-electron chi connectivity index (χ0n) is 13.6. The van der Waals surface area contributed by atoms with E-state index in [2.05, 4.69) is 23.4 Å². The zero-order valence-corrected chi connectivity index (χ0v) is 13.6. The van der Waals surface area contributed by atoms with Gasteiger partial charge < -0.3 is 19.7 Å². The largest absolute Gasteiger partial charge is 0.508 e. The molecule has 1 aromatic carbocycles. The standard InChI is InChI=1S/C17H21N3O3/c1-10(2)16-18-14-9-20(5-4-15(14)19(16)3)17(23)11-6-12(21)8-13(22)7-11/h6-8,10,21-22H,4-5,9H2,1-3H3. The van der Waals surface area contributed by atoms with Crippen LogP contribution >= 0.6 is 0 Å². The lowest BCUT2D eigenvalue weighted by atomic mass is 10.1. The maximum atomic E-state index is 12.6. The molecular formula is C17H21N3O3. The molecule has 1 aromatic heterocycles. The molecule has 2 aromatic rings. The van der Waals surface area contributed by atoms with E-state index >= 15 is 0 Å². The number of hydrogen-bond donors (Lipinski definition) is 2. The second-order valence-corrected chi connectivity index (χ2v) is 6.29. The molecule has 0 bridgehead atoms. The molecule has 1 aliphatic rings. The maximum Gasteiger partial charge on any atom is 0.254 e. The number of rotatable bonds is 2. The first-order valence-electron chi connectivity index (χ1n) is 7.73. The van der Waals surface area contributed by atoms with Gasteiger partial charge in [-0.2, -0.15) is 0 Å². The summed E-state index contributed by atoms with van der Waals surface area (Å²) in [5, 5.41) is 19.1. The van der Waals surface area contributed by atoms with E-state index in [0.717, 1.165) is 17.9 Å². The van der Waals surface area contributed by atoms with Crippen molar-refractivity contribution in [1.29, 1.82) is 0 Å². The van der Waals surface area contributed by atoms with E-state index in [1.807, 2.05) is 7.05 Å². The molecule has 6 heteroatoms. The molecular weight excluding hydrogens is 294 g/mol. The molecule has 1 aliphatic heterocycles. The third-order valence-electron chi connectivity index (χ3n) is 4.24. The van der Waals surface area contributed by atoms with Gasteiger partial charge in [-0.25, -0.2) is 4.98 Å². The second-order valence-electron chi connectivity index (χ2n) is 6.29. The third-order valence-corrected chi connectivity index (χ3v) is 4.24. The number of hydrogen-bond acceptors (Lipinski definition) is 4. The summed E-state index contributed by atoms with van der Waals surface area (Å²) in [4.78, 5) is 19.0. The first kappa shape index (κ1) is 15.4. The molecule has 2 heterocycles. The molecule has 0 spiro atoms. The van der Waals surface area contributed by atoms with Gasteiger partial charge in [-0.1, -0.05) is 13.8 Å². The first-order chi connectivity index (χ1) is 10.9. The number of carbonyl (C=O) groups is 1. The Morgan fingerprint density at radius 2 is 1.87 bits per heavy atom. The van der Waals surface area contributed by atoms with E-state index in [0.29, 0.717) is 19.0 Å². The molecule has 122 valence electrons. The monoisotopic (exact) mass is 315 g/mol. The molecule has 0 radical (unpaired) electrons.